The highest BCUT2D eigenvalue weighted by Crippen LogP contribution is 2.22. The Kier molecular flexibility index (Phi) is 9.72. The first-order chi connectivity index (χ1) is 10.6. The first-order valence-electron chi connectivity index (χ1n) is 8.78. The number of unbranched alkanes of at least 4 members (excludes halogenated alkanes) is 8. The third-order valence-corrected chi connectivity index (χ3v) is 4.05. The number of phenolic OH excluding ortho intramolecular Hbond substituents is 2. The molecule has 0 heterocycles. The van der Waals surface area contributed by atoms with Crippen molar-refractivity contribution < 1.29 is 15.3 Å². The zero-order valence-electron chi connectivity index (χ0n) is 13.9. The highest BCUT2D eigenvalue weighted by molar-refractivity contribution is 5.36. The van der Waals surface area contributed by atoms with E-state index in [1.165, 1.54) is 51.0 Å². The number of hydrogen-bond acceptors (Lipinski definition) is 3. The second-order valence-electron chi connectivity index (χ2n) is 6.43. The minimum atomic E-state index is -0.145. The number of benzene rings is 1. The van der Waals surface area contributed by atoms with E-state index in [9.17, 15) is 10.2 Å². The summed E-state index contributed by atoms with van der Waals surface area (Å²) >= 11 is 0. The molecule has 3 nitrogen and oxygen atoms in total. The van der Waals surface area contributed by atoms with E-state index in [0.717, 1.165) is 31.2 Å². The van der Waals surface area contributed by atoms with E-state index in [4.69, 9.17) is 5.11 Å². The number of rotatable bonds is 12. The second-order valence-corrected chi connectivity index (χ2v) is 6.43. The number of hydrogen-bond donors (Lipinski definition) is 3. The predicted octanol–water partition coefficient (Wildman–Crippen LogP) is 4.92. The largest absolute Gasteiger partial charge is 0.508 e. The van der Waals surface area contributed by atoms with Gasteiger partial charge < -0.3 is 15.3 Å². The van der Waals surface area contributed by atoms with Crippen LogP contribution in [-0.2, 0) is 6.42 Å². The van der Waals surface area contributed by atoms with Gasteiger partial charge in [0.25, 0.3) is 0 Å². The van der Waals surface area contributed by atoms with Crippen molar-refractivity contribution >= 4 is 0 Å². The first kappa shape index (κ1) is 18.8. The molecule has 0 saturated heterocycles. The zero-order valence-corrected chi connectivity index (χ0v) is 13.9. The molecule has 3 N–H and O–H groups in total. The summed E-state index contributed by atoms with van der Waals surface area (Å²) in [6.07, 6.45) is 12.9. The first-order valence-corrected chi connectivity index (χ1v) is 8.78. The molecule has 0 fully saturated rings. The molecule has 0 radical (unpaired) electrons. The zero-order chi connectivity index (χ0) is 16.2. The Morgan fingerprint density at radius 1 is 0.727 bits per heavy atom. The summed E-state index contributed by atoms with van der Waals surface area (Å²) < 4.78 is 0. The van der Waals surface area contributed by atoms with Gasteiger partial charge in [0.2, 0.25) is 0 Å². The van der Waals surface area contributed by atoms with Crippen LogP contribution in [0.1, 0.15) is 76.7 Å². The van der Waals surface area contributed by atoms with E-state index in [2.05, 4.69) is 0 Å². The minimum Gasteiger partial charge on any atom is -0.508 e. The molecule has 1 atom stereocenters. The fraction of sp³-hybridized carbons (Fsp3) is 0.684. The highest BCUT2D eigenvalue weighted by Gasteiger charge is 2.00. The third-order valence-electron chi connectivity index (χ3n) is 4.05. The van der Waals surface area contributed by atoms with Crippen molar-refractivity contribution in [2.75, 3.05) is 0 Å². The molecule has 1 unspecified atom stereocenters. The molecule has 126 valence electrons. The van der Waals surface area contributed by atoms with Crippen molar-refractivity contribution in [3.8, 4) is 11.5 Å². The van der Waals surface area contributed by atoms with E-state index >= 15 is 0 Å². The van der Waals surface area contributed by atoms with E-state index in [-0.39, 0.29) is 17.6 Å². The van der Waals surface area contributed by atoms with Gasteiger partial charge >= 0.3 is 0 Å². The molecule has 22 heavy (non-hydrogen) atoms. The molecule has 0 aliphatic carbocycles. The molecule has 0 aliphatic heterocycles. The summed E-state index contributed by atoms with van der Waals surface area (Å²) in [5.74, 6) is 0.288. The highest BCUT2D eigenvalue weighted by atomic mass is 16.3. The number of aliphatic hydroxyl groups is 1. The van der Waals surface area contributed by atoms with Gasteiger partial charge in [-0.3, -0.25) is 0 Å². The van der Waals surface area contributed by atoms with Gasteiger partial charge in [-0.1, -0.05) is 51.4 Å². The fourth-order valence-corrected chi connectivity index (χ4v) is 2.81. The Balaban J connectivity index is 1.91. The van der Waals surface area contributed by atoms with Crippen LogP contribution in [0.5, 0.6) is 11.5 Å². The number of aryl methyl sites for hydroxylation is 1. The maximum absolute atomic E-state index is 9.41. The van der Waals surface area contributed by atoms with Crippen molar-refractivity contribution in [1.29, 1.82) is 0 Å². The van der Waals surface area contributed by atoms with Crippen molar-refractivity contribution in [2.24, 2.45) is 0 Å². The van der Waals surface area contributed by atoms with E-state index in [1.54, 1.807) is 12.1 Å². The van der Waals surface area contributed by atoms with Crippen molar-refractivity contribution in [1.82, 2.24) is 0 Å². The molecule has 0 aromatic heterocycles. The molecule has 3 heteroatoms. The summed E-state index contributed by atoms with van der Waals surface area (Å²) in [5.41, 5.74) is 1.01. The van der Waals surface area contributed by atoms with Gasteiger partial charge in [-0.05, 0) is 43.9 Å². The van der Waals surface area contributed by atoms with Gasteiger partial charge in [0.1, 0.15) is 11.5 Å². The molecule has 0 aliphatic rings. The molecule has 1 rings (SSSR count). The lowest BCUT2D eigenvalue weighted by Crippen LogP contribution is -1.98. The molecule has 0 spiro atoms. The van der Waals surface area contributed by atoms with Gasteiger partial charge in [0.05, 0.1) is 6.10 Å². The van der Waals surface area contributed by atoms with Crippen LogP contribution in [0, 0.1) is 0 Å². The molecule has 0 saturated carbocycles. The van der Waals surface area contributed by atoms with E-state index in [1.807, 2.05) is 6.92 Å². The molecule has 1 aromatic rings. The van der Waals surface area contributed by atoms with Crippen LogP contribution in [0.4, 0.5) is 0 Å². The van der Waals surface area contributed by atoms with Crippen LogP contribution >= 0.6 is 0 Å². The Morgan fingerprint density at radius 3 is 1.68 bits per heavy atom. The smallest absolute Gasteiger partial charge is 0.119 e. The molecular weight excluding hydrogens is 276 g/mol. The summed E-state index contributed by atoms with van der Waals surface area (Å²) in [5, 5.41) is 28.0. The summed E-state index contributed by atoms with van der Waals surface area (Å²) in [4.78, 5) is 0. The number of aliphatic hydroxyl groups excluding tert-OH is 1. The van der Waals surface area contributed by atoms with Crippen LogP contribution < -0.4 is 0 Å². The lowest BCUT2D eigenvalue weighted by molar-refractivity contribution is 0.180. The van der Waals surface area contributed by atoms with Crippen LogP contribution in [0.15, 0.2) is 18.2 Å². The summed E-state index contributed by atoms with van der Waals surface area (Å²) in [7, 11) is 0. The SMILES string of the molecule is CC(O)CCCCCCCCCCCc1cc(O)cc(O)c1. The van der Waals surface area contributed by atoms with Crippen molar-refractivity contribution in [3.63, 3.8) is 0 Å². The minimum absolute atomic E-state index is 0.144. The van der Waals surface area contributed by atoms with Crippen LogP contribution in [-0.4, -0.2) is 21.4 Å². The van der Waals surface area contributed by atoms with Gasteiger partial charge in [-0.15, -0.1) is 0 Å². The Morgan fingerprint density at radius 2 is 1.18 bits per heavy atom. The van der Waals surface area contributed by atoms with Crippen molar-refractivity contribution in [2.45, 2.75) is 83.7 Å². The Bertz CT molecular complexity index is 381. The number of phenols is 2. The third kappa shape index (κ3) is 9.67. The van der Waals surface area contributed by atoms with Gasteiger partial charge in [0.15, 0.2) is 0 Å². The second kappa shape index (κ2) is 11.4. The Labute approximate surface area is 135 Å². The summed E-state index contributed by atoms with van der Waals surface area (Å²) in [6, 6.07) is 4.82. The van der Waals surface area contributed by atoms with E-state index in [0.29, 0.717) is 0 Å². The maximum Gasteiger partial charge on any atom is 0.119 e. The molecule has 0 amide bonds. The maximum atomic E-state index is 9.41. The van der Waals surface area contributed by atoms with Gasteiger partial charge in [-0.25, -0.2) is 0 Å². The van der Waals surface area contributed by atoms with Crippen LogP contribution in [0.2, 0.25) is 0 Å². The molecule has 0 bridgehead atoms. The van der Waals surface area contributed by atoms with Gasteiger partial charge in [-0.2, -0.15) is 0 Å². The lowest BCUT2D eigenvalue weighted by atomic mass is 10.0. The molecular formula is C19H32O3. The topological polar surface area (TPSA) is 60.7 Å². The average molecular weight is 308 g/mol. The quantitative estimate of drug-likeness (QED) is 0.480. The normalized spacial score (nSPS) is 12.5. The summed E-state index contributed by atoms with van der Waals surface area (Å²) in [6.45, 7) is 1.86. The lowest BCUT2D eigenvalue weighted by Gasteiger charge is -2.05. The Hall–Kier alpha value is -1.22. The molecule has 1 aromatic carbocycles. The standard InChI is InChI=1S/C19H32O3/c1-16(20)11-9-7-5-3-2-4-6-8-10-12-17-13-18(21)15-19(22)14-17/h13-16,20-22H,2-12H2,1H3. The monoisotopic (exact) mass is 308 g/mol. The van der Waals surface area contributed by atoms with Crippen LogP contribution in [0.25, 0.3) is 0 Å². The van der Waals surface area contributed by atoms with Crippen molar-refractivity contribution in [3.05, 3.63) is 23.8 Å². The van der Waals surface area contributed by atoms with E-state index < -0.39 is 0 Å². The average Bonchev–Trinajstić information content (AvgIpc) is 2.43. The number of aromatic hydroxyl groups is 2. The van der Waals surface area contributed by atoms with Gasteiger partial charge in [0, 0.05) is 6.07 Å². The predicted molar refractivity (Wildman–Crippen MR) is 91.3 cm³/mol. The fourth-order valence-electron chi connectivity index (χ4n) is 2.81. The van der Waals surface area contributed by atoms with Crippen LogP contribution in [0.3, 0.4) is 0 Å².